The number of hydrogen-bond donors (Lipinski definition) is 2. The average molecular weight is 194 g/mol. The Kier molecular flexibility index (Phi) is 2.32. The lowest BCUT2D eigenvalue weighted by atomic mass is 10.0. The summed E-state index contributed by atoms with van der Waals surface area (Å²) in [6.45, 7) is 5.10. The first kappa shape index (κ1) is 9.31. The van der Waals surface area contributed by atoms with Crippen molar-refractivity contribution >= 4 is 11.4 Å². The highest BCUT2D eigenvalue weighted by Crippen LogP contribution is 2.29. The molecule has 2 nitrogen and oxygen atoms in total. The van der Waals surface area contributed by atoms with Crippen LogP contribution in [0.1, 0.15) is 13.8 Å². The Hall–Kier alpha value is -1.25. The first-order chi connectivity index (χ1) is 6.68. The Morgan fingerprint density at radius 1 is 1.36 bits per heavy atom. The van der Waals surface area contributed by atoms with Crippen molar-refractivity contribution in [3.8, 4) is 0 Å². The van der Waals surface area contributed by atoms with Crippen molar-refractivity contribution in [2.45, 2.75) is 19.9 Å². The summed E-state index contributed by atoms with van der Waals surface area (Å²) in [5.41, 5.74) is 1.46. The summed E-state index contributed by atoms with van der Waals surface area (Å²) in [7, 11) is 0. The standard InChI is InChI=1S/C11H15FN2/c1-7-6-13-10-5-3-4-9(12)11(10)14-8(7)2/h3-5,7-8,13-14H,6H2,1-2H3. The minimum atomic E-state index is -0.184. The average Bonchev–Trinajstić information content (AvgIpc) is 2.30. The van der Waals surface area contributed by atoms with E-state index in [1.807, 2.05) is 6.07 Å². The third-order valence-electron chi connectivity index (χ3n) is 2.85. The fourth-order valence-electron chi connectivity index (χ4n) is 1.64. The number of para-hydroxylation sites is 1. The molecule has 0 spiro atoms. The van der Waals surface area contributed by atoms with Crippen LogP contribution < -0.4 is 10.6 Å². The maximum absolute atomic E-state index is 13.4. The predicted octanol–water partition coefficient (Wildman–Crippen LogP) is 2.69. The summed E-state index contributed by atoms with van der Waals surface area (Å²) in [5, 5.41) is 6.45. The summed E-state index contributed by atoms with van der Waals surface area (Å²) in [6.07, 6.45) is 0. The molecule has 0 bridgehead atoms. The number of nitrogens with one attached hydrogen (secondary N) is 2. The second-order valence-corrected chi connectivity index (χ2v) is 3.95. The van der Waals surface area contributed by atoms with Gasteiger partial charge < -0.3 is 10.6 Å². The van der Waals surface area contributed by atoms with Gasteiger partial charge in [0, 0.05) is 12.6 Å². The molecule has 3 heteroatoms. The van der Waals surface area contributed by atoms with Crippen LogP contribution >= 0.6 is 0 Å². The van der Waals surface area contributed by atoms with E-state index < -0.39 is 0 Å². The number of rotatable bonds is 0. The number of fused-ring (bicyclic) bond motifs is 1. The van der Waals surface area contributed by atoms with Crippen LogP contribution in [0.25, 0.3) is 0 Å². The van der Waals surface area contributed by atoms with Gasteiger partial charge in [-0.3, -0.25) is 0 Å². The van der Waals surface area contributed by atoms with E-state index in [1.165, 1.54) is 6.07 Å². The van der Waals surface area contributed by atoms with Crippen LogP contribution in [-0.4, -0.2) is 12.6 Å². The molecule has 0 saturated heterocycles. The summed E-state index contributed by atoms with van der Waals surface area (Å²) < 4.78 is 13.4. The van der Waals surface area contributed by atoms with Crippen molar-refractivity contribution in [1.29, 1.82) is 0 Å². The van der Waals surface area contributed by atoms with Crippen molar-refractivity contribution in [3.05, 3.63) is 24.0 Å². The zero-order valence-corrected chi connectivity index (χ0v) is 8.47. The second kappa shape index (κ2) is 3.48. The Labute approximate surface area is 83.5 Å². The molecule has 2 rings (SSSR count). The Morgan fingerprint density at radius 2 is 2.14 bits per heavy atom. The molecule has 0 fully saturated rings. The molecule has 76 valence electrons. The van der Waals surface area contributed by atoms with Crippen molar-refractivity contribution < 1.29 is 4.39 Å². The lowest BCUT2D eigenvalue weighted by Crippen LogP contribution is -2.25. The SMILES string of the molecule is CC1CNc2cccc(F)c2NC1C. The number of benzene rings is 1. The molecule has 1 aromatic carbocycles. The van der Waals surface area contributed by atoms with Crippen LogP contribution in [0, 0.1) is 11.7 Å². The first-order valence-electron chi connectivity index (χ1n) is 4.97. The van der Waals surface area contributed by atoms with Crippen molar-refractivity contribution in [1.82, 2.24) is 0 Å². The summed E-state index contributed by atoms with van der Waals surface area (Å²) in [5.74, 6) is 0.303. The van der Waals surface area contributed by atoms with E-state index >= 15 is 0 Å². The van der Waals surface area contributed by atoms with Crippen molar-refractivity contribution in [2.24, 2.45) is 5.92 Å². The van der Waals surface area contributed by atoms with E-state index in [-0.39, 0.29) is 5.82 Å². The minimum Gasteiger partial charge on any atom is -0.383 e. The zero-order valence-electron chi connectivity index (χ0n) is 8.47. The number of hydrogen-bond acceptors (Lipinski definition) is 2. The highest BCUT2D eigenvalue weighted by molar-refractivity contribution is 5.70. The Balaban J connectivity index is 2.38. The van der Waals surface area contributed by atoms with Crippen molar-refractivity contribution in [2.75, 3.05) is 17.2 Å². The van der Waals surface area contributed by atoms with Gasteiger partial charge in [-0.25, -0.2) is 4.39 Å². The molecule has 0 amide bonds. The van der Waals surface area contributed by atoms with Gasteiger partial charge in [-0.15, -0.1) is 0 Å². The quantitative estimate of drug-likeness (QED) is 0.663. The Morgan fingerprint density at radius 3 is 2.93 bits per heavy atom. The van der Waals surface area contributed by atoms with Gasteiger partial charge in [-0.1, -0.05) is 13.0 Å². The smallest absolute Gasteiger partial charge is 0.148 e. The molecular formula is C11H15FN2. The van der Waals surface area contributed by atoms with Crippen LogP contribution in [0.4, 0.5) is 15.8 Å². The molecule has 2 unspecified atom stereocenters. The predicted molar refractivity (Wildman–Crippen MR) is 57.1 cm³/mol. The van der Waals surface area contributed by atoms with Gasteiger partial charge in [0.15, 0.2) is 0 Å². The summed E-state index contributed by atoms with van der Waals surface area (Å²) in [4.78, 5) is 0. The molecule has 1 heterocycles. The van der Waals surface area contributed by atoms with Gasteiger partial charge in [-0.2, -0.15) is 0 Å². The third kappa shape index (κ3) is 1.54. The van der Waals surface area contributed by atoms with Gasteiger partial charge in [0.25, 0.3) is 0 Å². The minimum absolute atomic E-state index is 0.184. The molecule has 1 aliphatic heterocycles. The largest absolute Gasteiger partial charge is 0.383 e. The number of halogens is 1. The van der Waals surface area contributed by atoms with Gasteiger partial charge in [0.05, 0.1) is 11.4 Å². The molecule has 1 aromatic rings. The lowest BCUT2D eigenvalue weighted by Gasteiger charge is -2.17. The highest BCUT2D eigenvalue weighted by atomic mass is 19.1. The monoisotopic (exact) mass is 194 g/mol. The Bertz CT molecular complexity index is 338. The molecule has 0 radical (unpaired) electrons. The van der Waals surface area contributed by atoms with Gasteiger partial charge in [0.2, 0.25) is 0 Å². The highest BCUT2D eigenvalue weighted by Gasteiger charge is 2.19. The molecule has 0 saturated carbocycles. The molecule has 14 heavy (non-hydrogen) atoms. The van der Waals surface area contributed by atoms with E-state index in [0.717, 1.165) is 12.2 Å². The molecule has 0 aliphatic carbocycles. The third-order valence-corrected chi connectivity index (χ3v) is 2.85. The molecule has 2 N–H and O–H groups in total. The van der Waals surface area contributed by atoms with Crippen LogP contribution in [0.15, 0.2) is 18.2 Å². The maximum Gasteiger partial charge on any atom is 0.148 e. The van der Waals surface area contributed by atoms with Crippen molar-refractivity contribution in [3.63, 3.8) is 0 Å². The van der Waals surface area contributed by atoms with E-state index in [9.17, 15) is 4.39 Å². The topological polar surface area (TPSA) is 24.1 Å². The van der Waals surface area contributed by atoms with E-state index in [2.05, 4.69) is 24.5 Å². The fourth-order valence-corrected chi connectivity index (χ4v) is 1.64. The van der Waals surface area contributed by atoms with Crippen LogP contribution in [0.2, 0.25) is 0 Å². The zero-order chi connectivity index (χ0) is 10.1. The summed E-state index contributed by atoms with van der Waals surface area (Å²) >= 11 is 0. The first-order valence-corrected chi connectivity index (χ1v) is 4.97. The molecule has 0 aromatic heterocycles. The van der Waals surface area contributed by atoms with Crippen LogP contribution in [-0.2, 0) is 0 Å². The summed E-state index contributed by atoms with van der Waals surface area (Å²) in [6, 6.07) is 5.40. The second-order valence-electron chi connectivity index (χ2n) is 3.95. The normalized spacial score (nSPS) is 25.6. The van der Waals surface area contributed by atoms with Crippen LogP contribution in [0.3, 0.4) is 0 Å². The molecular weight excluding hydrogens is 179 g/mol. The van der Waals surface area contributed by atoms with Gasteiger partial charge in [0.1, 0.15) is 5.82 Å². The van der Waals surface area contributed by atoms with E-state index in [1.54, 1.807) is 6.07 Å². The van der Waals surface area contributed by atoms with Crippen LogP contribution in [0.5, 0.6) is 0 Å². The fraction of sp³-hybridized carbons (Fsp3) is 0.455. The van der Waals surface area contributed by atoms with Gasteiger partial charge in [-0.05, 0) is 25.0 Å². The maximum atomic E-state index is 13.4. The number of anilines is 2. The van der Waals surface area contributed by atoms with E-state index in [0.29, 0.717) is 17.6 Å². The molecule has 1 aliphatic rings. The lowest BCUT2D eigenvalue weighted by molar-refractivity contribution is 0.538. The molecule has 2 atom stereocenters. The van der Waals surface area contributed by atoms with Gasteiger partial charge >= 0.3 is 0 Å². The van der Waals surface area contributed by atoms with E-state index in [4.69, 9.17) is 0 Å².